The van der Waals surface area contributed by atoms with E-state index < -0.39 is 6.10 Å². The zero-order chi connectivity index (χ0) is 18.4. The number of carbonyl (C=O) groups is 2. The molecule has 6 heteroatoms. The second-order valence-corrected chi connectivity index (χ2v) is 7.17. The van der Waals surface area contributed by atoms with Crippen LogP contribution in [0.5, 0.6) is 5.75 Å². The molecule has 26 heavy (non-hydrogen) atoms. The second-order valence-electron chi connectivity index (χ2n) is 6.74. The molecule has 0 N–H and O–H groups in total. The zero-order valence-corrected chi connectivity index (χ0v) is 15.4. The van der Waals surface area contributed by atoms with Crippen LogP contribution in [0.3, 0.4) is 0 Å². The maximum atomic E-state index is 13.2. The predicted octanol–water partition coefficient (Wildman–Crippen LogP) is 3.43. The van der Waals surface area contributed by atoms with Gasteiger partial charge in [0.2, 0.25) is 5.91 Å². The first kappa shape index (κ1) is 16.9. The molecule has 2 amide bonds. The van der Waals surface area contributed by atoms with Gasteiger partial charge in [-0.05, 0) is 42.8 Å². The molecule has 0 fully saturated rings. The highest BCUT2D eigenvalue weighted by Crippen LogP contribution is 2.38. The SMILES string of the molecule is CC(=O)N1c2ccccc2N(C(=O)C2Cc3cc(Cl)ccc3O2)C[C@@H]1C. The van der Waals surface area contributed by atoms with Crippen molar-refractivity contribution in [2.24, 2.45) is 0 Å². The minimum absolute atomic E-state index is 0.0313. The number of nitrogens with zero attached hydrogens (tertiary/aromatic N) is 2. The van der Waals surface area contributed by atoms with Crippen LogP contribution < -0.4 is 14.5 Å². The Labute approximate surface area is 157 Å². The summed E-state index contributed by atoms with van der Waals surface area (Å²) in [7, 11) is 0. The van der Waals surface area contributed by atoms with Crippen LogP contribution >= 0.6 is 11.6 Å². The summed E-state index contributed by atoms with van der Waals surface area (Å²) < 4.78 is 5.87. The Morgan fingerprint density at radius 2 is 1.88 bits per heavy atom. The van der Waals surface area contributed by atoms with Crippen molar-refractivity contribution in [3.05, 3.63) is 53.1 Å². The number of fused-ring (bicyclic) bond motifs is 2. The van der Waals surface area contributed by atoms with Gasteiger partial charge in [0, 0.05) is 24.9 Å². The van der Waals surface area contributed by atoms with Crippen LogP contribution in [0.4, 0.5) is 11.4 Å². The molecule has 2 heterocycles. The standard InChI is InChI=1S/C20H19ClN2O3/c1-12-11-22(16-5-3-4-6-17(16)23(12)13(2)24)20(25)19-10-14-9-15(21)7-8-18(14)26-19/h3-9,12,19H,10-11H2,1-2H3/t12-,19?/m0/s1. The summed E-state index contributed by atoms with van der Waals surface area (Å²) in [5.41, 5.74) is 2.44. The molecule has 0 saturated carbocycles. The number of ether oxygens (including phenoxy) is 1. The number of rotatable bonds is 1. The van der Waals surface area contributed by atoms with Crippen molar-refractivity contribution in [1.29, 1.82) is 0 Å². The van der Waals surface area contributed by atoms with Crippen molar-refractivity contribution in [1.82, 2.24) is 0 Å². The normalized spacial score (nSPS) is 21.0. The van der Waals surface area contributed by atoms with Crippen LogP contribution in [0.15, 0.2) is 42.5 Å². The molecule has 5 nitrogen and oxygen atoms in total. The van der Waals surface area contributed by atoms with Gasteiger partial charge in [0.1, 0.15) is 5.75 Å². The van der Waals surface area contributed by atoms with Gasteiger partial charge >= 0.3 is 0 Å². The van der Waals surface area contributed by atoms with E-state index in [1.54, 1.807) is 28.9 Å². The van der Waals surface area contributed by atoms with Crippen LogP contribution in [0, 0.1) is 0 Å². The van der Waals surface area contributed by atoms with Crippen molar-refractivity contribution in [3.63, 3.8) is 0 Å². The molecule has 0 radical (unpaired) electrons. The number of hydrogen-bond acceptors (Lipinski definition) is 3. The first-order valence-electron chi connectivity index (χ1n) is 8.61. The third-order valence-corrected chi connectivity index (χ3v) is 5.13. The molecule has 2 aromatic carbocycles. The van der Waals surface area contributed by atoms with Gasteiger partial charge in [0.15, 0.2) is 6.10 Å². The summed E-state index contributed by atoms with van der Waals surface area (Å²) in [5, 5.41) is 0.634. The van der Waals surface area contributed by atoms with E-state index in [0.717, 1.165) is 16.9 Å². The third-order valence-electron chi connectivity index (χ3n) is 4.90. The van der Waals surface area contributed by atoms with Gasteiger partial charge in [-0.15, -0.1) is 0 Å². The number of benzene rings is 2. The summed E-state index contributed by atoms with van der Waals surface area (Å²) in [4.78, 5) is 28.7. The van der Waals surface area contributed by atoms with Crippen LogP contribution in [-0.4, -0.2) is 30.5 Å². The highest BCUT2D eigenvalue weighted by Gasteiger charge is 2.38. The Morgan fingerprint density at radius 3 is 2.62 bits per heavy atom. The fraction of sp³-hybridized carbons (Fsp3) is 0.300. The van der Waals surface area contributed by atoms with Gasteiger partial charge in [-0.1, -0.05) is 23.7 Å². The molecule has 2 aliphatic rings. The highest BCUT2D eigenvalue weighted by atomic mass is 35.5. The third kappa shape index (κ3) is 2.72. The molecule has 0 aromatic heterocycles. The van der Waals surface area contributed by atoms with Gasteiger partial charge in [0.05, 0.1) is 17.4 Å². The van der Waals surface area contributed by atoms with Gasteiger partial charge in [-0.25, -0.2) is 0 Å². The first-order valence-corrected chi connectivity index (χ1v) is 8.99. The first-order chi connectivity index (χ1) is 12.5. The molecule has 2 aliphatic heterocycles. The van der Waals surface area contributed by atoms with E-state index in [1.807, 2.05) is 37.3 Å². The van der Waals surface area contributed by atoms with Crippen LogP contribution in [-0.2, 0) is 16.0 Å². The lowest BCUT2D eigenvalue weighted by atomic mass is 10.0. The number of anilines is 2. The monoisotopic (exact) mass is 370 g/mol. The maximum absolute atomic E-state index is 13.2. The van der Waals surface area contributed by atoms with Gasteiger partial charge in [-0.2, -0.15) is 0 Å². The lowest BCUT2D eigenvalue weighted by molar-refractivity contribution is -0.125. The van der Waals surface area contributed by atoms with Crippen molar-refractivity contribution >= 4 is 34.8 Å². The number of carbonyl (C=O) groups excluding carboxylic acids is 2. The fourth-order valence-corrected chi connectivity index (χ4v) is 3.99. The highest BCUT2D eigenvalue weighted by molar-refractivity contribution is 6.30. The number of halogens is 1. The molecule has 1 unspecified atom stereocenters. The average molecular weight is 371 g/mol. The summed E-state index contributed by atoms with van der Waals surface area (Å²) in [5.74, 6) is 0.576. The van der Waals surface area contributed by atoms with Crippen LogP contribution in [0.2, 0.25) is 5.02 Å². The Bertz CT molecular complexity index is 898. The Hall–Kier alpha value is -2.53. The largest absolute Gasteiger partial charge is 0.480 e. The molecule has 2 aromatic rings. The van der Waals surface area contributed by atoms with Crippen LogP contribution in [0.1, 0.15) is 19.4 Å². The molecule has 0 aliphatic carbocycles. The van der Waals surface area contributed by atoms with E-state index in [0.29, 0.717) is 23.7 Å². The van der Waals surface area contributed by atoms with Crippen molar-refractivity contribution in [3.8, 4) is 5.75 Å². The van der Waals surface area contributed by atoms with Gasteiger partial charge in [-0.3, -0.25) is 9.59 Å². The molecular weight excluding hydrogens is 352 g/mol. The fourth-order valence-electron chi connectivity index (χ4n) is 3.80. The van der Waals surface area contributed by atoms with E-state index in [1.165, 1.54) is 0 Å². The van der Waals surface area contributed by atoms with Gasteiger partial charge < -0.3 is 14.5 Å². The minimum atomic E-state index is -0.576. The van der Waals surface area contributed by atoms with Crippen molar-refractivity contribution in [2.75, 3.05) is 16.3 Å². The molecule has 4 rings (SSSR count). The minimum Gasteiger partial charge on any atom is -0.480 e. The average Bonchev–Trinajstić information content (AvgIpc) is 3.03. The topological polar surface area (TPSA) is 49.9 Å². The van der Waals surface area contributed by atoms with E-state index in [2.05, 4.69) is 0 Å². The van der Waals surface area contributed by atoms with Crippen molar-refractivity contribution in [2.45, 2.75) is 32.4 Å². The predicted molar refractivity (Wildman–Crippen MR) is 101 cm³/mol. The smallest absolute Gasteiger partial charge is 0.268 e. The van der Waals surface area contributed by atoms with E-state index in [-0.39, 0.29) is 17.9 Å². The quantitative estimate of drug-likeness (QED) is 0.772. The van der Waals surface area contributed by atoms with Crippen LogP contribution in [0.25, 0.3) is 0 Å². The molecule has 0 spiro atoms. The molecule has 0 saturated heterocycles. The maximum Gasteiger partial charge on any atom is 0.268 e. The van der Waals surface area contributed by atoms with Crippen molar-refractivity contribution < 1.29 is 14.3 Å². The zero-order valence-electron chi connectivity index (χ0n) is 14.6. The number of amides is 2. The molecular formula is C20H19ClN2O3. The molecule has 0 bridgehead atoms. The lowest BCUT2D eigenvalue weighted by Gasteiger charge is -2.41. The second kappa shape index (κ2) is 6.32. The Kier molecular flexibility index (Phi) is 4.11. The molecule has 134 valence electrons. The van der Waals surface area contributed by atoms with E-state index in [9.17, 15) is 9.59 Å². The number of para-hydroxylation sites is 2. The Balaban J connectivity index is 1.65. The van der Waals surface area contributed by atoms with E-state index >= 15 is 0 Å². The summed E-state index contributed by atoms with van der Waals surface area (Å²) >= 11 is 6.04. The summed E-state index contributed by atoms with van der Waals surface area (Å²) in [6, 6.07) is 12.8. The summed E-state index contributed by atoms with van der Waals surface area (Å²) in [6.45, 7) is 3.93. The number of hydrogen-bond donors (Lipinski definition) is 0. The molecule has 2 atom stereocenters. The summed E-state index contributed by atoms with van der Waals surface area (Å²) in [6.07, 6.45) is -0.0781. The van der Waals surface area contributed by atoms with Gasteiger partial charge in [0.25, 0.3) is 5.91 Å². The lowest BCUT2D eigenvalue weighted by Crippen LogP contribution is -2.54. The van der Waals surface area contributed by atoms with E-state index in [4.69, 9.17) is 16.3 Å². The Morgan fingerprint density at radius 1 is 1.15 bits per heavy atom.